The van der Waals surface area contributed by atoms with Crippen molar-refractivity contribution >= 4 is 34.5 Å². The zero-order chi connectivity index (χ0) is 35.0. The second-order valence-electron chi connectivity index (χ2n) is 10.5. The van der Waals surface area contributed by atoms with E-state index in [1.54, 1.807) is 43.5 Å². The highest BCUT2D eigenvalue weighted by atomic mass is 16.5. The average molecular weight is 657 g/mol. The molecule has 0 unspecified atom stereocenters. The van der Waals surface area contributed by atoms with Crippen LogP contribution in [0.15, 0.2) is 127 Å². The molecule has 7 heteroatoms. The van der Waals surface area contributed by atoms with Gasteiger partial charge in [-0.3, -0.25) is 9.59 Å². The lowest BCUT2D eigenvalue weighted by molar-refractivity contribution is 0.103. The molecule has 0 N–H and O–H groups in total. The smallest absolute Gasteiger partial charge is 0.203 e. The topological polar surface area (TPSA) is 80.3 Å². The summed E-state index contributed by atoms with van der Waals surface area (Å²) in [6, 6.07) is 32.5. The maximum Gasteiger partial charge on any atom is 0.203 e. The molecular formula is C42H40O7. The van der Waals surface area contributed by atoms with E-state index in [1.165, 1.54) is 32.8 Å². The molecule has 0 saturated carbocycles. The van der Waals surface area contributed by atoms with Crippen molar-refractivity contribution in [3.8, 4) is 28.7 Å². The van der Waals surface area contributed by atoms with Gasteiger partial charge in [0.1, 0.15) is 11.5 Å². The number of para-hydroxylation sites is 2. The Labute approximate surface area is 287 Å². The zero-order valence-electron chi connectivity index (χ0n) is 28.3. The zero-order valence-corrected chi connectivity index (χ0v) is 28.3. The Balaban J connectivity index is 0.000000222. The summed E-state index contributed by atoms with van der Waals surface area (Å²) in [7, 11) is 6.16. The van der Waals surface area contributed by atoms with Crippen LogP contribution in [0.5, 0.6) is 28.7 Å². The van der Waals surface area contributed by atoms with E-state index >= 15 is 0 Å². The summed E-state index contributed by atoms with van der Waals surface area (Å²) < 4.78 is 26.6. The van der Waals surface area contributed by atoms with Gasteiger partial charge in [-0.05, 0) is 71.8 Å². The quantitative estimate of drug-likeness (QED) is 0.0710. The molecule has 0 bridgehead atoms. The second-order valence-corrected chi connectivity index (χ2v) is 10.5. The number of rotatable bonds is 13. The van der Waals surface area contributed by atoms with E-state index in [2.05, 4.69) is 24.3 Å². The van der Waals surface area contributed by atoms with E-state index in [0.29, 0.717) is 40.7 Å². The number of fused-ring (bicyclic) bond motifs is 1. The molecule has 49 heavy (non-hydrogen) atoms. The molecule has 0 aromatic heterocycles. The number of benzene rings is 5. The van der Waals surface area contributed by atoms with Gasteiger partial charge < -0.3 is 23.7 Å². The monoisotopic (exact) mass is 656 g/mol. The van der Waals surface area contributed by atoms with E-state index < -0.39 is 0 Å². The third-order valence-electron chi connectivity index (χ3n) is 7.38. The highest BCUT2D eigenvalue weighted by Crippen LogP contribution is 2.38. The molecule has 5 rings (SSSR count). The number of carbonyl (C=O) groups is 2. The van der Waals surface area contributed by atoms with Gasteiger partial charge in [0.25, 0.3) is 0 Å². The van der Waals surface area contributed by atoms with Crippen molar-refractivity contribution in [1.29, 1.82) is 0 Å². The van der Waals surface area contributed by atoms with Gasteiger partial charge in [-0.2, -0.15) is 0 Å². The summed E-state index contributed by atoms with van der Waals surface area (Å²) in [5.74, 6) is 2.50. The van der Waals surface area contributed by atoms with Gasteiger partial charge in [0.2, 0.25) is 5.75 Å². The van der Waals surface area contributed by atoms with Crippen molar-refractivity contribution in [2.45, 2.75) is 6.92 Å². The molecule has 0 aliphatic carbocycles. The average Bonchev–Trinajstić information content (AvgIpc) is 3.15. The Morgan fingerprint density at radius 2 is 1.20 bits per heavy atom. The summed E-state index contributed by atoms with van der Waals surface area (Å²) in [6.07, 6.45) is 10.3. The van der Waals surface area contributed by atoms with Crippen LogP contribution in [-0.4, -0.2) is 46.6 Å². The molecule has 0 aliphatic heterocycles. The number of hydrogen-bond donors (Lipinski definition) is 0. The van der Waals surface area contributed by atoms with Gasteiger partial charge in [0.05, 0.1) is 40.6 Å². The van der Waals surface area contributed by atoms with Crippen LogP contribution in [0.1, 0.15) is 38.8 Å². The van der Waals surface area contributed by atoms with Gasteiger partial charge in [0, 0.05) is 11.1 Å². The number of hydrogen-bond acceptors (Lipinski definition) is 7. The number of allylic oxidation sites excluding steroid dienone is 4. The minimum absolute atomic E-state index is 0.0535. The molecule has 250 valence electrons. The Hall–Kier alpha value is -6.08. The standard InChI is InChI=1S/C21H22O5.C21H18O2/c1-23-18-12-8-6-10-15(18)9-5-7-11-17(22)16-13-19(24-2)21(26-4)20(14-16)25-3;1-2-23-21-10-6-5-9-19(21)20(22)14-12-16-11-13-17-7-3-4-8-18(17)15-16/h5-14H,1-4H3;3-15H,2H2,1H3/b9-5+,11-7+;14-12+. The molecule has 0 amide bonds. The van der Waals surface area contributed by atoms with Crippen LogP contribution in [0.4, 0.5) is 0 Å². The van der Waals surface area contributed by atoms with Crippen molar-refractivity contribution < 1.29 is 33.3 Å². The third kappa shape index (κ3) is 9.72. The third-order valence-corrected chi connectivity index (χ3v) is 7.38. The summed E-state index contributed by atoms with van der Waals surface area (Å²) in [6.45, 7) is 2.45. The molecule has 0 atom stereocenters. The highest BCUT2D eigenvalue weighted by molar-refractivity contribution is 6.09. The van der Waals surface area contributed by atoms with E-state index in [4.69, 9.17) is 23.7 Å². The van der Waals surface area contributed by atoms with Crippen molar-refractivity contribution in [1.82, 2.24) is 0 Å². The van der Waals surface area contributed by atoms with Crippen LogP contribution in [-0.2, 0) is 0 Å². The lowest BCUT2D eigenvalue weighted by atomic mass is 10.0. The van der Waals surface area contributed by atoms with Crippen molar-refractivity contribution in [2.75, 3.05) is 35.0 Å². The Morgan fingerprint density at radius 3 is 1.88 bits per heavy atom. The molecule has 7 nitrogen and oxygen atoms in total. The Morgan fingerprint density at radius 1 is 0.571 bits per heavy atom. The minimum Gasteiger partial charge on any atom is -0.496 e. The summed E-state index contributed by atoms with van der Waals surface area (Å²) in [5.41, 5.74) is 2.97. The lowest BCUT2D eigenvalue weighted by Crippen LogP contribution is -2.01. The summed E-state index contributed by atoms with van der Waals surface area (Å²) in [5, 5.41) is 2.36. The number of ketones is 2. The van der Waals surface area contributed by atoms with E-state index in [1.807, 2.05) is 79.7 Å². The van der Waals surface area contributed by atoms with Crippen LogP contribution in [0, 0.1) is 0 Å². The number of carbonyl (C=O) groups excluding carboxylic acids is 2. The molecule has 0 saturated heterocycles. The van der Waals surface area contributed by atoms with Crippen LogP contribution in [0.3, 0.4) is 0 Å². The number of methoxy groups -OCH3 is 4. The van der Waals surface area contributed by atoms with Crippen LogP contribution in [0.25, 0.3) is 22.9 Å². The van der Waals surface area contributed by atoms with E-state index in [9.17, 15) is 9.59 Å². The molecule has 0 aliphatic rings. The number of ether oxygens (including phenoxy) is 5. The van der Waals surface area contributed by atoms with Crippen molar-refractivity contribution in [3.63, 3.8) is 0 Å². The molecule has 0 radical (unpaired) electrons. The lowest BCUT2D eigenvalue weighted by Gasteiger charge is -2.13. The molecular weight excluding hydrogens is 616 g/mol. The molecule has 0 spiro atoms. The Bertz CT molecular complexity index is 1940. The summed E-state index contributed by atoms with van der Waals surface area (Å²) >= 11 is 0. The fraction of sp³-hybridized carbons (Fsp3) is 0.143. The molecule has 5 aromatic rings. The fourth-order valence-corrected chi connectivity index (χ4v) is 4.95. The predicted molar refractivity (Wildman–Crippen MR) is 197 cm³/mol. The maximum atomic E-state index is 12.4. The maximum absolute atomic E-state index is 12.4. The minimum atomic E-state index is -0.172. The van der Waals surface area contributed by atoms with E-state index in [-0.39, 0.29) is 11.6 Å². The van der Waals surface area contributed by atoms with Crippen molar-refractivity contribution in [3.05, 3.63) is 150 Å². The van der Waals surface area contributed by atoms with Gasteiger partial charge >= 0.3 is 0 Å². The first kappa shape index (κ1) is 35.8. The predicted octanol–water partition coefficient (Wildman–Crippen LogP) is 9.31. The second kappa shape index (κ2) is 18.3. The largest absolute Gasteiger partial charge is 0.496 e. The normalized spacial score (nSPS) is 11.0. The van der Waals surface area contributed by atoms with Crippen molar-refractivity contribution in [2.24, 2.45) is 0 Å². The van der Waals surface area contributed by atoms with Gasteiger partial charge in [-0.25, -0.2) is 0 Å². The van der Waals surface area contributed by atoms with Crippen LogP contribution < -0.4 is 23.7 Å². The van der Waals surface area contributed by atoms with Crippen LogP contribution in [0.2, 0.25) is 0 Å². The molecule has 5 aromatic carbocycles. The first-order valence-corrected chi connectivity index (χ1v) is 15.7. The van der Waals surface area contributed by atoms with Crippen LogP contribution >= 0.6 is 0 Å². The molecule has 0 heterocycles. The summed E-state index contributed by atoms with van der Waals surface area (Å²) in [4.78, 5) is 24.8. The fourth-order valence-electron chi connectivity index (χ4n) is 4.95. The highest BCUT2D eigenvalue weighted by Gasteiger charge is 2.15. The molecule has 0 fully saturated rings. The Kier molecular flexibility index (Phi) is 13.4. The van der Waals surface area contributed by atoms with Gasteiger partial charge in [-0.1, -0.05) is 91.0 Å². The van der Waals surface area contributed by atoms with Gasteiger partial charge in [0.15, 0.2) is 23.1 Å². The SMILES string of the molecule is CCOc1ccccc1C(=O)/C=C/c1ccc2ccccc2c1.COc1ccccc1/C=C/C=C/C(=O)c1cc(OC)c(OC)c(OC)c1. The first-order valence-electron chi connectivity index (χ1n) is 15.7. The first-order chi connectivity index (χ1) is 23.9. The van der Waals surface area contributed by atoms with Gasteiger partial charge in [-0.15, -0.1) is 0 Å². The van der Waals surface area contributed by atoms with E-state index in [0.717, 1.165) is 22.3 Å².